The van der Waals surface area contributed by atoms with Gasteiger partial charge in [-0.1, -0.05) is 35.9 Å². The molecule has 0 unspecified atom stereocenters. The largest absolute Gasteiger partial charge is 0.484 e. The molecule has 1 amide bonds. The number of nitrogens with zero attached hydrogens (tertiary/aromatic N) is 1. The van der Waals surface area contributed by atoms with E-state index in [1.807, 2.05) is 49.4 Å². The monoisotopic (exact) mass is 392 g/mol. The molecule has 1 heterocycles. The van der Waals surface area contributed by atoms with Crippen molar-refractivity contribution in [3.63, 3.8) is 0 Å². The van der Waals surface area contributed by atoms with E-state index < -0.39 is 0 Å². The third-order valence-electron chi connectivity index (χ3n) is 4.14. The summed E-state index contributed by atoms with van der Waals surface area (Å²) in [5, 5.41) is 3.45. The maximum absolute atomic E-state index is 12.4. The van der Waals surface area contributed by atoms with Crippen LogP contribution in [-0.2, 0) is 4.79 Å². The number of hydrogen-bond donors (Lipinski definition) is 1. The van der Waals surface area contributed by atoms with Gasteiger partial charge < -0.3 is 14.5 Å². The van der Waals surface area contributed by atoms with Crippen LogP contribution in [0, 0.1) is 6.92 Å². The molecule has 1 N–H and O–H groups in total. The summed E-state index contributed by atoms with van der Waals surface area (Å²) >= 11 is 6.02. The number of carbonyl (C=O) groups is 1. The number of anilines is 1. The average molecular weight is 393 g/mol. The SMILES string of the molecule is Cc1cccc(OCC(=O)Nc2ccccc2-c2nc3cc(Cl)ccc3o2)c1. The van der Waals surface area contributed by atoms with Crippen LogP contribution in [0.3, 0.4) is 0 Å². The Morgan fingerprint density at radius 2 is 1.96 bits per heavy atom. The van der Waals surface area contributed by atoms with Crippen LogP contribution in [0.15, 0.2) is 71.1 Å². The quantitative estimate of drug-likeness (QED) is 0.488. The maximum atomic E-state index is 12.4. The average Bonchev–Trinajstić information content (AvgIpc) is 3.10. The lowest BCUT2D eigenvalue weighted by molar-refractivity contribution is -0.118. The summed E-state index contributed by atoms with van der Waals surface area (Å²) in [5.74, 6) is 0.792. The van der Waals surface area contributed by atoms with Crippen molar-refractivity contribution in [3.8, 4) is 17.2 Å². The summed E-state index contributed by atoms with van der Waals surface area (Å²) in [4.78, 5) is 16.8. The summed E-state index contributed by atoms with van der Waals surface area (Å²) in [6.45, 7) is 1.87. The number of ether oxygens (including phenoxy) is 1. The molecule has 4 rings (SSSR count). The second kappa shape index (κ2) is 7.74. The highest BCUT2D eigenvalue weighted by atomic mass is 35.5. The third kappa shape index (κ3) is 4.00. The lowest BCUT2D eigenvalue weighted by Gasteiger charge is -2.10. The highest BCUT2D eigenvalue weighted by Crippen LogP contribution is 2.31. The van der Waals surface area contributed by atoms with E-state index in [9.17, 15) is 4.79 Å². The molecule has 0 saturated heterocycles. The number of aryl methyl sites for hydroxylation is 1. The lowest BCUT2D eigenvalue weighted by atomic mass is 10.1. The summed E-state index contributed by atoms with van der Waals surface area (Å²) in [6.07, 6.45) is 0. The van der Waals surface area contributed by atoms with Crippen molar-refractivity contribution in [2.24, 2.45) is 0 Å². The number of fused-ring (bicyclic) bond motifs is 1. The van der Waals surface area contributed by atoms with Crippen molar-refractivity contribution in [2.45, 2.75) is 6.92 Å². The summed E-state index contributed by atoms with van der Waals surface area (Å²) in [6, 6.07) is 20.1. The molecule has 0 aliphatic carbocycles. The van der Waals surface area contributed by atoms with Crippen LogP contribution >= 0.6 is 11.6 Å². The van der Waals surface area contributed by atoms with Crippen LogP contribution in [0.25, 0.3) is 22.6 Å². The van der Waals surface area contributed by atoms with Crippen LogP contribution in [0.2, 0.25) is 5.02 Å². The fraction of sp³-hybridized carbons (Fsp3) is 0.0909. The Bertz CT molecular complexity index is 1150. The van der Waals surface area contributed by atoms with E-state index in [4.69, 9.17) is 20.8 Å². The first-order valence-electron chi connectivity index (χ1n) is 8.73. The van der Waals surface area contributed by atoms with Crippen molar-refractivity contribution in [1.29, 1.82) is 0 Å². The first kappa shape index (κ1) is 18.1. The van der Waals surface area contributed by atoms with Gasteiger partial charge in [-0.3, -0.25) is 4.79 Å². The smallest absolute Gasteiger partial charge is 0.262 e. The van der Waals surface area contributed by atoms with E-state index in [1.165, 1.54) is 0 Å². The summed E-state index contributed by atoms with van der Waals surface area (Å²) in [5.41, 5.74) is 3.63. The van der Waals surface area contributed by atoms with Crippen molar-refractivity contribution in [3.05, 3.63) is 77.3 Å². The van der Waals surface area contributed by atoms with Gasteiger partial charge in [-0.15, -0.1) is 0 Å². The Morgan fingerprint density at radius 3 is 2.82 bits per heavy atom. The van der Waals surface area contributed by atoms with Gasteiger partial charge in [0.25, 0.3) is 5.91 Å². The second-order valence-corrected chi connectivity index (χ2v) is 6.77. The minimum Gasteiger partial charge on any atom is -0.484 e. The van der Waals surface area contributed by atoms with E-state index in [0.717, 1.165) is 5.56 Å². The maximum Gasteiger partial charge on any atom is 0.262 e. The number of nitrogens with one attached hydrogen (secondary N) is 1. The molecule has 0 aliphatic rings. The topological polar surface area (TPSA) is 64.4 Å². The zero-order valence-corrected chi connectivity index (χ0v) is 15.9. The molecule has 0 bridgehead atoms. The molecule has 4 aromatic rings. The number of rotatable bonds is 5. The molecule has 0 radical (unpaired) electrons. The number of hydrogen-bond acceptors (Lipinski definition) is 4. The Morgan fingerprint density at radius 1 is 1.11 bits per heavy atom. The highest BCUT2D eigenvalue weighted by molar-refractivity contribution is 6.31. The fourth-order valence-corrected chi connectivity index (χ4v) is 3.00. The summed E-state index contributed by atoms with van der Waals surface area (Å²) < 4.78 is 11.4. The molecule has 6 heteroatoms. The molecule has 0 saturated carbocycles. The molecule has 28 heavy (non-hydrogen) atoms. The first-order chi connectivity index (χ1) is 13.6. The van der Waals surface area contributed by atoms with Gasteiger partial charge in [-0.05, 0) is 55.0 Å². The summed E-state index contributed by atoms with van der Waals surface area (Å²) in [7, 11) is 0. The van der Waals surface area contributed by atoms with Gasteiger partial charge in [-0.25, -0.2) is 4.98 Å². The first-order valence-corrected chi connectivity index (χ1v) is 9.11. The van der Waals surface area contributed by atoms with Gasteiger partial charge in [0, 0.05) is 5.02 Å². The van der Waals surface area contributed by atoms with Crippen LogP contribution < -0.4 is 10.1 Å². The van der Waals surface area contributed by atoms with E-state index in [1.54, 1.807) is 24.3 Å². The van der Waals surface area contributed by atoms with Crippen LogP contribution in [0.1, 0.15) is 5.56 Å². The number of oxazole rings is 1. The highest BCUT2D eigenvalue weighted by Gasteiger charge is 2.14. The standard InChI is InChI=1S/C22H17ClN2O3/c1-14-5-4-6-16(11-14)27-13-21(26)24-18-8-3-2-7-17(18)22-25-19-12-15(23)9-10-20(19)28-22/h2-12H,13H2,1H3,(H,24,26). The molecule has 140 valence electrons. The molecule has 5 nitrogen and oxygen atoms in total. The van der Waals surface area contributed by atoms with Crippen molar-refractivity contribution >= 4 is 34.3 Å². The number of para-hydroxylation sites is 1. The van der Waals surface area contributed by atoms with Gasteiger partial charge >= 0.3 is 0 Å². The van der Waals surface area contributed by atoms with E-state index >= 15 is 0 Å². The van der Waals surface area contributed by atoms with Gasteiger partial charge in [-0.2, -0.15) is 0 Å². The van der Waals surface area contributed by atoms with E-state index in [2.05, 4.69) is 10.3 Å². The molecular formula is C22H17ClN2O3. The van der Waals surface area contributed by atoms with Crippen molar-refractivity contribution in [2.75, 3.05) is 11.9 Å². The number of halogens is 1. The molecule has 1 aromatic heterocycles. The van der Waals surface area contributed by atoms with Crippen LogP contribution in [-0.4, -0.2) is 17.5 Å². The Balaban J connectivity index is 1.53. The minimum atomic E-state index is -0.270. The Hall–Kier alpha value is -3.31. The fourth-order valence-electron chi connectivity index (χ4n) is 2.83. The third-order valence-corrected chi connectivity index (χ3v) is 4.38. The van der Waals surface area contributed by atoms with Gasteiger partial charge in [0.15, 0.2) is 12.2 Å². The predicted octanol–water partition coefficient (Wildman–Crippen LogP) is 5.47. The second-order valence-electron chi connectivity index (χ2n) is 6.33. The molecular weight excluding hydrogens is 376 g/mol. The molecule has 3 aromatic carbocycles. The van der Waals surface area contributed by atoms with Gasteiger partial charge in [0.05, 0.1) is 11.3 Å². The van der Waals surface area contributed by atoms with Crippen molar-refractivity contribution < 1.29 is 13.9 Å². The van der Waals surface area contributed by atoms with Gasteiger partial charge in [0.1, 0.15) is 11.3 Å². The zero-order chi connectivity index (χ0) is 19.5. The number of aromatic nitrogens is 1. The Labute approximate surface area is 166 Å². The predicted molar refractivity (Wildman–Crippen MR) is 110 cm³/mol. The number of carbonyl (C=O) groups excluding carboxylic acids is 1. The zero-order valence-electron chi connectivity index (χ0n) is 15.1. The number of benzene rings is 3. The van der Waals surface area contributed by atoms with E-state index in [0.29, 0.717) is 39.0 Å². The van der Waals surface area contributed by atoms with Crippen molar-refractivity contribution in [1.82, 2.24) is 4.98 Å². The van der Waals surface area contributed by atoms with Crippen LogP contribution in [0.5, 0.6) is 5.75 Å². The molecule has 0 fully saturated rings. The van der Waals surface area contributed by atoms with Crippen LogP contribution in [0.4, 0.5) is 5.69 Å². The minimum absolute atomic E-state index is 0.0963. The molecule has 0 spiro atoms. The van der Waals surface area contributed by atoms with Gasteiger partial charge in [0.2, 0.25) is 5.89 Å². The Kier molecular flexibility index (Phi) is 5.00. The molecule has 0 aliphatic heterocycles. The van der Waals surface area contributed by atoms with E-state index in [-0.39, 0.29) is 12.5 Å². The normalized spacial score (nSPS) is 10.8. The number of amides is 1. The lowest BCUT2D eigenvalue weighted by Crippen LogP contribution is -2.20. The molecule has 0 atom stereocenters.